The minimum atomic E-state index is -3.81. The maximum absolute atomic E-state index is 13.6. The summed E-state index contributed by atoms with van der Waals surface area (Å²) in [7, 11) is -3.81. The first-order valence-corrected chi connectivity index (χ1v) is 11.9. The molecular weight excluding hydrogens is 403 g/mol. The predicted octanol–water partition coefficient (Wildman–Crippen LogP) is 4.01. The summed E-state index contributed by atoms with van der Waals surface area (Å²) < 4.78 is 41.7. The molecule has 1 fully saturated rings. The molecule has 0 spiro atoms. The predicted molar refractivity (Wildman–Crippen MR) is 115 cm³/mol. The van der Waals surface area contributed by atoms with E-state index in [1.165, 1.54) is 12.1 Å². The molecule has 0 aliphatic carbocycles. The standard InChI is InChI=1S/C23H25FN2O3S/c24-19-9-7-8-18(14-19)15-26-16-22(20-10-3-4-11-21(20)26)30(28,29)17-23(27)25-12-5-1-2-6-13-25/h3-4,7-11,14,16H,1-2,5-6,12-13,15,17H2. The fraction of sp³-hybridized carbons (Fsp3) is 0.348. The van der Waals surface area contributed by atoms with Crippen molar-refractivity contribution in [3.63, 3.8) is 0 Å². The summed E-state index contributed by atoms with van der Waals surface area (Å²) in [4.78, 5) is 14.5. The third kappa shape index (κ3) is 4.41. The van der Waals surface area contributed by atoms with E-state index in [0.29, 0.717) is 25.0 Å². The normalized spacial score (nSPS) is 15.3. The lowest BCUT2D eigenvalue weighted by Crippen LogP contribution is -2.36. The van der Waals surface area contributed by atoms with Gasteiger partial charge in [0.05, 0.1) is 4.90 Å². The molecule has 1 aliphatic heterocycles. The van der Waals surface area contributed by atoms with Gasteiger partial charge in [-0.05, 0) is 36.6 Å². The third-order valence-electron chi connectivity index (χ3n) is 5.60. The molecule has 1 saturated heterocycles. The largest absolute Gasteiger partial charge is 0.342 e. The van der Waals surface area contributed by atoms with Crippen LogP contribution in [0.25, 0.3) is 10.9 Å². The van der Waals surface area contributed by atoms with Gasteiger partial charge in [0.25, 0.3) is 0 Å². The molecule has 30 heavy (non-hydrogen) atoms. The summed E-state index contributed by atoms with van der Waals surface area (Å²) in [6.07, 6.45) is 5.55. The van der Waals surface area contributed by atoms with Crippen LogP contribution in [0.5, 0.6) is 0 Å². The van der Waals surface area contributed by atoms with E-state index in [1.54, 1.807) is 39.9 Å². The van der Waals surface area contributed by atoms with Crippen molar-refractivity contribution in [2.24, 2.45) is 0 Å². The fourth-order valence-electron chi connectivity index (χ4n) is 4.08. The zero-order valence-electron chi connectivity index (χ0n) is 16.8. The van der Waals surface area contributed by atoms with E-state index in [9.17, 15) is 17.6 Å². The van der Waals surface area contributed by atoms with Gasteiger partial charge in [-0.3, -0.25) is 4.79 Å². The second-order valence-electron chi connectivity index (χ2n) is 7.82. The second-order valence-corrected chi connectivity index (χ2v) is 9.78. The maximum Gasteiger partial charge on any atom is 0.238 e. The van der Waals surface area contributed by atoms with Gasteiger partial charge >= 0.3 is 0 Å². The molecule has 5 nitrogen and oxygen atoms in total. The highest BCUT2D eigenvalue weighted by atomic mass is 32.2. The molecule has 0 N–H and O–H groups in total. The van der Waals surface area contributed by atoms with E-state index in [0.717, 1.165) is 36.8 Å². The number of likely N-dealkylation sites (tertiary alicyclic amines) is 1. The van der Waals surface area contributed by atoms with Gasteiger partial charge < -0.3 is 9.47 Å². The number of para-hydroxylation sites is 1. The van der Waals surface area contributed by atoms with Gasteiger partial charge in [0.2, 0.25) is 5.91 Å². The lowest BCUT2D eigenvalue weighted by Gasteiger charge is -2.20. The van der Waals surface area contributed by atoms with Crippen molar-refractivity contribution in [3.8, 4) is 0 Å². The van der Waals surface area contributed by atoms with Crippen molar-refractivity contribution >= 4 is 26.6 Å². The van der Waals surface area contributed by atoms with Crippen LogP contribution in [0.3, 0.4) is 0 Å². The quantitative estimate of drug-likeness (QED) is 0.617. The molecule has 0 atom stereocenters. The molecule has 2 aromatic carbocycles. The Labute approximate surface area is 176 Å². The van der Waals surface area contributed by atoms with Gasteiger partial charge in [0, 0.05) is 36.7 Å². The monoisotopic (exact) mass is 428 g/mol. The summed E-state index contributed by atoms with van der Waals surface area (Å²) in [6.45, 7) is 1.58. The van der Waals surface area contributed by atoms with Crippen molar-refractivity contribution in [1.82, 2.24) is 9.47 Å². The Morgan fingerprint density at radius 2 is 1.70 bits per heavy atom. The highest BCUT2D eigenvalue weighted by Gasteiger charge is 2.27. The highest BCUT2D eigenvalue weighted by Crippen LogP contribution is 2.27. The third-order valence-corrected chi connectivity index (χ3v) is 7.22. The number of benzene rings is 2. The Morgan fingerprint density at radius 1 is 0.967 bits per heavy atom. The number of aromatic nitrogens is 1. The minimum absolute atomic E-state index is 0.151. The number of carbonyl (C=O) groups is 1. The summed E-state index contributed by atoms with van der Waals surface area (Å²) in [5.74, 6) is -1.19. The number of hydrogen-bond acceptors (Lipinski definition) is 3. The highest BCUT2D eigenvalue weighted by molar-refractivity contribution is 7.92. The van der Waals surface area contributed by atoms with E-state index < -0.39 is 15.6 Å². The van der Waals surface area contributed by atoms with Crippen molar-refractivity contribution in [1.29, 1.82) is 0 Å². The Bertz CT molecular complexity index is 1160. The molecule has 1 aromatic heterocycles. The maximum atomic E-state index is 13.6. The van der Waals surface area contributed by atoms with Crippen molar-refractivity contribution in [2.75, 3.05) is 18.8 Å². The summed E-state index contributed by atoms with van der Waals surface area (Å²) in [5.41, 5.74) is 1.47. The van der Waals surface area contributed by atoms with E-state index in [4.69, 9.17) is 0 Å². The van der Waals surface area contributed by atoms with Crippen LogP contribution in [-0.2, 0) is 21.2 Å². The first-order chi connectivity index (χ1) is 14.4. The van der Waals surface area contributed by atoms with Crippen molar-refractivity contribution in [2.45, 2.75) is 37.1 Å². The number of amides is 1. The second kappa shape index (κ2) is 8.60. The van der Waals surface area contributed by atoms with Gasteiger partial charge in [-0.1, -0.05) is 43.2 Å². The van der Waals surface area contributed by atoms with Crippen molar-refractivity contribution < 1.29 is 17.6 Å². The zero-order valence-corrected chi connectivity index (χ0v) is 17.6. The number of halogens is 1. The molecule has 1 aliphatic rings. The number of carbonyl (C=O) groups excluding carboxylic acids is 1. The first kappa shape index (κ1) is 20.6. The molecule has 2 heterocycles. The van der Waals surface area contributed by atoms with Crippen LogP contribution in [0.15, 0.2) is 59.6 Å². The van der Waals surface area contributed by atoms with Gasteiger partial charge in [-0.2, -0.15) is 0 Å². The van der Waals surface area contributed by atoms with Gasteiger partial charge in [0.1, 0.15) is 11.6 Å². The Morgan fingerprint density at radius 3 is 2.43 bits per heavy atom. The number of nitrogens with zero attached hydrogens (tertiary/aromatic N) is 2. The summed E-state index contributed by atoms with van der Waals surface area (Å²) in [5, 5.41) is 0.581. The summed E-state index contributed by atoms with van der Waals surface area (Å²) in [6, 6.07) is 13.5. The average molecular weight is 429 g/mol. The Hall–Kier alpha value is -2.67. The van der Waals surface area contributed by atoms with Crippen LogP contribution in [-0.4, -0.2) is 42.6 Å². The van der Waals surface area contributed by atoms with Crippen LogP contribution in [0, 0.1) is 5.82 Å². The van der Waals surface area contributed by atoms with Crippen molar-refractivity contribution in [3.05, 3.63) is 66.1 Å². The van der Waals surface area contributed by atoms with Gasteiger partial charge in [-0.15, -0.1) is 0 Å². The average Bonchev–Trinajstić information content (AvgIpc) is 2.89. The Kier molecular flexibility index (Phi) is 5.90. The number of sulfone groups is 1. The molecule has 0 unspecified atom stereocenters. The van der Waals surface area contributed by atoms with Crippen LogP contribution < -0.4 is 0 Å². The van der Waals surface area contributed by atoms with E-state index >= 15 is 0 Å². The number of rotatable bonds is 5. The first-order valence-electron chi connectivity index (χ1n) is 10.3. The molecule has 0 saturated carbocycles. The fourth-order valence-corrected chi connectivity index (χ4v) is 5.53. The molecule has 1 amide bonds. The van der Waals surface area contributed by atoms with Crippen LogP contribution in [0.4, 0.5) is 4.39 Å². The molecule has 7 heteroatoms. The molecule has 3 aromatic rings. The molecule has 4 rings (SSSR count). The summed E-state index contributed by atoms with van der Waals surface area (Å²) >= 11 is 0. The number of fused-ring (bicyclic) bond motifs is 1. The molecule has 0 bridgehead atoms. The SMILES string of the molecule is O=C(CS(=O)(=O)c1cn(Cc2cccc(F)c2)c2ccccc12)N1CCCCCC1. The zero-order chi connectivity index (χ0) is 21.1. The van der Waals surface area contributed by atoms with Gasteiger partial charge in [0.15, 0.2) is 9.84 Å². The number of hydrogen-bond donors (Lipinski definition) is 0. The lowest BCUT2D eigenvalue weighted by atomic mass is 10.2. The van der Waals surface area contributed by atoms with E-state index in [1.807, 2.05) is 12.1 Å². The van der Waals surface area contributed by atoms with E-state index in [-0.39, 0.29) is 16.6 Å². The van der Waals surface area contributed by atoms with Crippen LogP contribution in [0.1, 0.15) is 31.2 Å². The lowest BCUT2D eigenvalue weighted by molar-refractivity contribution is -0.128. The molecule has 158 valence electrons. The minimum Gasteiger partial charge on any atom is -0.342 e. The molecule has 0 radical (unpaired) electrons. The van der Waals surface area contributed by atoms with E-state index in [2.05, 4.69) is 0 Å². The topological polar surface area (TPSA) is 59.4 Å². The van der Waals surface area contributed by atoms with Gasteiger partial charge in [-0.25, -0.2) is 12.8 Å². The van der Waals surface area contributed by atoms with Crippen LogP contribution in [0.2, 0.25) is 0 Å². The smallest absolute Gasteiger partial charge is 0.238 e. The Balaban J connectivity index is 1.65. The molecular formula is C23H25FN2O3S. The van der Waals surface area contributed by atoms with Crippen LogP contribution >= 0.6 is 0 Å².